The summed E-state index contributed by atoms with van der Waals surface area (Å²) in [6.45, 7) is 1.90. The molecule has 0 saturated carbocycles. The molecule has 0 radical (unpaired) electrons. The van der Waals surface area contributed by atoms with Crippen LogP contribution in [0.3, 0.4) is 0 Å². The molecule has 2 N–H and O–H groups in total. The van der Waals surface area contributed by atoms with Gasteiger partial charge in [0.1, 0.15) is 29.0 Å². The molecule has 0 bridgehead atoms. The Bertz CT molecular complexity index is 772. The zero-order valence-electron chi connectivity index (χ0n) is 12.2. The number of benzene rings is 2. The predicted molar refractivity (Wildman–Crippen MR) is 83.5 cm³/mol. The maximum absolute atomic E-state index is 13.5. The van der Waals surface area contributed by atoms with E-state index in [9.17, 15) is 13.6 Å². The van der Waals surface area contributed by atoms with Crippen LogP contribution in [0.1, 0.15) is 5.56 Å². The molecule has 116 valence electrons. The van der Waals surface area contributed by atoms with Crippen molar-refractivity contribution < 1.29 is 13.6 Å². The van der Waals surface area contributed by atoms with Gasteiger partial charge in [0.2, 0.25) is 0 Å². The van der Waals surface area contributed by atoms with Gasteiger partial charge in [0.25, 0.3) is 5.91 Å². The molecule has 2 aromatic rings. The summed E-state index contributed by atoms with van der Waals surface area (Å²) < 4.78 is 27.0. The molecule has 0 aliphatic carbocycles. The van der Waals surface area contributed by atoms with E-state index in [0.29, 0.717) is 5.69 Å². The number of hydrogen-bond acceptors (Lipinski definition) is 3. The first-order chi connectivity index (χ1) is 11.0. The van der Waals surface area contributed by atoms with Crippen LogP contribution in [0.25, 0.3) is 0 Å². The lowest BCUT2D eigenvalue weighted by molar-refractivity contribution is -0.112. The van der Waals surface area contributed by atoms with Crippen LogP contribution >= 0.6 is 0 Å². The van der Waals surface area contributed by atoms with Crippen LogP contribution in [0, 0.1) is 29.9 Å². The minimum atomic E-state index is -0.822. The van der Waals surface area contributed by atoms with Crippen molar-refractivity contribution in [3.05, 3.63) is 71.4 Å². The van der Waals surface area contributed by atoms with Crippen molar-refractivity contribution >= 4 is 17.3 Å². The van der Waals surface area contributed by atoms with Gasteiger partial charge in [-0.05, 0) is 31.2 Å². The topological polar surface area (TPSA) is 64.9 Å². The number of amides is 1. The maximum Gasteiger partial charge on any atom is 0.267 e. The van der Waals surface area contributed by atoms with Crippen LogP contribution in [0.2, 0.25) is 0 Å². The summed E-state index contributed by atoms with van der Waals surface area (Å²) in [5.41, 5.74) is 0.797. The van der Waals surface area contributed by atoms with Crippen LogP contribution in [-0.2, 0) is 4.79 Å². The molecule has 1 amide bonds. The monoisotopic (exact) mass is 313 g/mol. The van der Waals surface area contributed by atoms with Crippen molar-refractivity contribution in [2.45, 2.75) is 6.92 Å². The minimum Gasteiger partial charge on any atom is -0.355 e. The van der Waals surface area contributed by atoms with Crippen LogP contribution in [-0.4, -0.2) is 5.91 Å². The van der Waals surface area contributed by atoms with Gasteiger partial charge in [-0.25, -0.2) is 8.78 Å². The lowest BCUT2D eigenvalue weighted by Gasteiger charge is -2.06. The van der Waals surface area contributed by atoms with E-state index in [1.54, 1.807) is 30.3 Å². The molecule has 4 nitrogen and oxygen atoms in total. The van der Waals surface area contributed by atoms with Crippen molar-refractivity contribution in [3.8, 4) is 6.07 Å². The van der Waals surface area contributed by atoms with Crippen molar-refractivity contribution in [1.82, 2.24) is 0 Å². The number of nitriles is 1. The molecule has 0 saturated heterocycles. The Hall–Kier alpha value is -3.20. The van der Waals surface area contributed by atoms with Gasteiger partial charge in [-0.2, -0.15) is 5.26 Å². The van der Waals surface area contributed by atoms with E-state index in [1.165, 1.54) is 6.07 Å². The van der Waals surface area contributed by atoms with E-state index in [0.717, 1.165) is 23.9 Å². The summed E-state index contributed by atoms with van der Waals surface area (Å²) in [6, 6.07) is 12.0. The Kier molecular flexibility index (Phi) is 5.05. The van der Waals surface area contributed by atoms with E-state index in [-0.39, 0.29) is 5.57 Å². The van der Waals surface area contributed by atoms with Crippen molar-refractivity contribution in [3.63, 3.8) is 0 Å². The first kappa shape index (κ1) is 16.2. The van der Waals surface area contributed by atoms with Crippen LogP contribution in [0.5, 0.6) is 0 Å². The maximum atomic E-state index is 13.5. The summed E-state index contributed by atoms with van der Waals surface area (Å²) in [7, 11) is 0. The third-order valence-corrected chi connectivity index (χ3v) is 3.00. The number of hydrogen-bond donors (Lipinski definition) is 2. The summed E-state index contributed by atoms with van der Waals surface area (Å²) in [5, 5.41) is 13.9. The van der Waals surface area contributed by atoms with Crippen LogP contribution in [0.15, 0.2) is 54.2 Å². The van der Waals surface area contributed by atoms with Crippen LogP contribution in [0.4, 0.5) is 20.2 Å². The van der Waals surface area contributed by atoms with Crippen molar-refractivity contribution in [2.24, 2.45) is 0 Å². The molecule has 2 aromatic carbocycles. The number of para-hydroxylation sites is 1. The van der Waals surface area contributed by atoms with Crippen molar-refractivity contribution in [1.29, 1.82) is 5.26 Å². The van der Waals surface area contributed by atoms with Crippen molar-refractivity contribution in [2.75, 3.05) is 10.6 Å². The predicted octanol–water partition coefficient (Wildman–Crippen LogP) is 3.73. The number of aryl methyl sites for hydroxylation is 1. The number of nitrogens with zero attached hydrogens (tertiary/aromatic N) is 1. The van der Waals surface area contributed by atoms with Crippen LogP contribution < -0.4 is 10.6 Å². The molecule has 0 fully saturated rings. The average Bonchev–Trinajstić information content (AvgIpc) is 2.52. The molecular formula is C17H13F2N3O. The SMILES string of the molecule is Cc1ccc(NC(=O)/C(C#N)=C\Nc2c(F)cccc2F)cc1. The minimum absolute atomic E-state index is 0.312. The largest absolute Gasteiger partial charge is 0.355 e. The fourth-order valence-electron chi connectivity index (χ4n) is 1.76. The second-order valence-electron chi connectivity index (χ2n) is 4.73. The highest BCUT2D eigenvalue weighted by Gasteiger charge is 2.11. The number of nitrogens with one attached hydrogen (secondary N) is 2. The quantitative estimate of drug-likeness (QED) is 0.667. The molecule has 0 heterocycles. The first-order valence-corrected chi connectivity index (χ1v) is 6.70. The highest BCUT2D eigenvalue weighted by molar-refractivity contribution is 6.06. The smallest absolute Gasteiger partial charge is 0.267 e. The third kappa shape index (κ3) is 4.14. The molecule has 0 aliphatic rings. The summed E-state index contributed by atoms with van der Waals surface area (Å²) in [4.78, 5) is 12.0. The molecule has 0 spiro atoms. The molecule has 0 atom stereocenters. The number of halogens is 2. The Balaban J connectivity index is 2.14. The lowest BCUT2D eigenvalue weighted by atomic mass is 10.2. The molecule has 23 heavy (non-hydrogen) atoms. The summed E-state index contributed by atoms with van der Waals surface area (Å²) >= 11 is 0. The Morgan fingerprint density at radius 3 is 2.30 bits per heavy atom. The zero-order valence-corrected chi connectivity index (χ0v) is 12.2. The molecular weight excluding hydrogens is 300 g/mol. The standard InChI is InChI=1S/C17H13F2N3O/c1-11-5-7-13(8-6-11)22-17(23)12(9-20)10-21-16-14(18)3-2-4-15(16)19/h2-8,10,21H,1H3,(H,22,23)/b12-10-. The Labute approximate surface area is 132 Å². The van der Waals surface area contributed by atoms with Gasteiger partial charge in [-0.15, -0.1) is 0 Å². The van der Waals surface area contributed by atoms with Gasteiger partial charge in [-0.3, -0.25) is 4.79 Å². The van der Waals surface area contributed by atoms with Gasteiger partial charge in [0, 0.05) is 11.9 Å². The number of rotatable bonds is 4. The van der Waals surface area contributed by atoms with E-state index in [2.05, 4.69) is 10.6 Å². The first-order valence-electron chi connectivity index (χ1n) is 6.70. The molecule has 0 aromatic heterocycles. The summed E-state index contributed by atoms with van der Waals surface area (Å²) in [5.74, 6) is -2.32. The Morgan fingerprint density at radius 2 is 1.74 bits per heavy atom. The second-order valence-corrected chi connectivity index (χ2v) is 4.73. The summed E-state index contributed by atoms with van der Waals surface area (Å²) in [6.07, 6.45) is 0.963. The highest BCUT2D eigenvalue weighted by Crippen LogP contribution is 2.18. The average molecular weight is 313 g/mol. The fraction of sp³-hybridized carbons (Fsp3) is 0.0588. The second kappa shape index (κ2) is 7.18. The molecule has 0 unspecified atom stereocenters. The van der Waals surface area contributed by atoms with Gasteiger partial charge < -0.3 is 10.6 Å². The zero-order chi connectivity index (χ0) is 16.8. The van der Waals surface area contributed by atoms with E-state index in [4.69, 9.17) is 5.26 Å². The van der Waals surface area contributed by atoms with E-state index in [1.807, 2.05) is 6.92 Å². The van der Waals surface area contributed by atoms with E-state index >= 15 is 0 Å². The molecule has 0 aliphatic heterocycles. The highest BCUT2D eigenvalue weighted by atomic mass is 19.1. The molecule has 6 heteroatoms. The number of carbonyl (C=O) groups excluding carboxylic acids is 1. The fourth-order valence-corrected chi connectivity index (χ4v) is 1.76. The normalized spacial score (nSPS) is 10.8. The van der Waals surface area contributed by atoms with Gasteiger partial charge in [0.15, 0.2) is 0 Å². The van der Waals surface area contributed by atoms with Gasteiger partial charge in [0.05, 0.1) is 0 Å². The molecule has 2 rings (SSSR count). The lowest BCUT2D eigenvalue weighted by Crippen LogP contribution is -2.14. The van der Waals surface area contributed by atoms with E-state index < -0.39 is 23.2 Å². The third-order valence-electron chi connectivity index (χ3n) is 3.00. The van der Waals surface area contributed by atoms with Gasteiger partial charge in [-0.1, -0.05) is 23.8 Å². The number of carbonyl (C=O) groups is 1. The number of anilines is 2. The van der Waals surface area contributed by atoms with Gasteiger partial charge >= 0.3 is 0 Å². The Morgan fingerprint density at radius 1 is 1.13 bits per heavy atom.